The van der Waals surface area contributed by atoms with E-state index in [-0.39, 0.29) is 0 Å². The fourth-order valence-electron chi connectivity index (χ4n) is 3.00. The molecule has 3 aromatic heterocycles. The maximum absolute atomic E-state index is 10.2. The number of aliphatic hydroxyl groups is 1. The summed E-state index contributed by atoms with van der Waals surface area (Å²) < 4.78 is 7.37. The molecule has 0 fully saturated rings. The number of benzene rings is 1. The first kappa shape index (κ1) is 20.5. The third-order valence-electron chi connectivity index (χ3n) is 4.42. The molecule has 0 spiro atoms. The Balaban J connectivity index is 1.30. The van der Waals surface area contributed by atoms with E-state index in [1.807, 2.05) is 30.3 Å². The van der Waals surface area contributed by atoms with Crippen LogP contribution in [0.1, 0.15) is 18.9 Å². The van der Waals surface area contributed by atoms with E-state index < -0.39 is 6.23 Å². The molecule has 1 unspecified atom stereocenters. The van der Waals surface area contributed by atoms with Crippen molar-refractivity contribution in [2.24, 2.45) is 0 Å². The van der Waals surface area contributed by atoms with E-state index in [1.54, 1.807) is 41.5 Å². The molecular weight excluding hydrogens is 418 g/mol. The predicted molar refractivity (Wildman–Crippen MR) is 122 cm³/mol. The molecule has 3 N–H and O–H groups in total. The van der Waals surface area contributed by atoms with Crippen LogP contribution in [-0.4, -0.2) is 32.2 Å². The summed E-state index contributed by atoms with van der Waals surface area (Å²) in [5, 5.41) is 28.3. The molecule has 1 atom stereocenters. The Bertz CT molecular complexity index is 1050. The van der Waals surface area contributed by atoms with E-state index in [0.717, 1.165) is 46.1 Å². The highest BCUT2D eigenvalue weighted by Crippen LogP contribution is 2.27. The van der Waals surface area contributed by atoms with Crippen LogP contribution in [-0.2, 0) is 6.54 Å². The summed E-state index contributed by atoms with van der Waals surface area (Å²) in [5.74, 6) is 2.26. The van der Waals surface area contributed by atoms with Crippen molar-refractivity contribution in [2.75, 3.05) is 22.9 Å². The second-order valence-corrected chi connectivity index (χ2v) is 8.46. The van der Waals surface area contributed by atoms with Gasteiger partial charge in [0.05, 0.1) is 11.1 Å². The Morgan fingerprint density at radius 3 is 2.83 bits per heavy atom. The zero-order valence-electron chi connectivity index (χ0n) is 16.5. The molecule has 0 bridgehead atoms. The van der Waals surface area contributed by atoms with Crippen molar-refractivity contribution in [3.63, 3.8) is 0 Å². The Morgan fingerprint density at radius 2 is 2.07 bits per heavy atom. The van der Waals surface area contributed by atoms with Gasteiger partial charge in [-0.3, -0.25) is 0 Å². The fourth-order valence-corrected chi connectivity index (χ4v) is 4.58. The van der Waals surface area contributed by atoms with Gasteiger partial charge in [-0.25, -0.2) is 0 Å². The lowest BCUT2D eigenvalue weighted by Crippen LogP contribution is -2.09. The van der Waals surface area contributed by atoms with Crippen molar-refractivity contribution in [1.29, 1.82) is 0 Å². The highest BCUT2D eigenvalue weighted by atomic mass is 32.2. The maximum Gasteiger partial charge on any atom is 0.191 e. The van der Waals surface area contributed by atoms with Gasteiger partial charge in [0, 0.05) is 30.2 Å². The molecule has 0 saturated heterocycles. The van der Waals surface area contributed by atoms with Crippen LogP contribution in [0.5, 0.6) is 0 Å². The highest BCUT2D eigenvalue weighted by molar-refractivity contribution is 7.99. The van der Waals surface area contributed by atoms with Crippen LogP contribution in [0.2, 0.25) is 0 Å². The van der Waals surface area contributed by atoms with Crippen molar-refractivity contribution in [2.45, 2.75) is 24.9 Å². The van der Waals surface area contributed by atoms with Crippen LogP contribution in [0.3, 0.4) is 0 Å². The maximum atomic E-state index is 10.2. The molecule has 30 heavy (non-hydrogen) atoms. The molecule has 1 aromatic carbocycles. The van der Waals surface area contributed by atoms with Gasteiger partial charge in [0.2, 0.25) is 0 Å². The lowest BCUT2D eigenvalue weighted by atomic mass is 10.2. The van der Waals surface area contributed by atoms with Gasteiger partial charge < -0.3 is 24.7 Å². The summed E-state index contributed by atoms with van der Waals surface area (Å²) in [6.45, 7) is 3.72. The van der Waals surface area contributed by atoms with Gasteiger partial charge in [-0.2, -0.15) is 0 Å². The number of hydrogen-bond acceptors (Lipinski definition) is 8. The van der Waals surface area contributed by atoms with E-state index in [1.165, 1.54) is 0 Å². The molecular formula is C21H23N5O2S2. The summed E-state index contributed by atoms with van der Waals surface area (Å²) in [6.07, 6.45) is 0.655. The summed E-state index contributed by atoms with van der Waals surface area (Å²) in [4.78, 5) is 1.13. The largest absolute Gasteiger partial charge is 0.465 e. The first-order valence-electron chi connectivity index (χ1n) is 9.66. The number of anilines is 2. The molecule has 0 saturated carbocycles. The normalized spacial score (nSPS) is 12.1. The van der Waals surface area contributed by atoms with Gasteiger partial charge in [-0.1, -0.05) is 23.9 Å². The standard InChI is InChI=1S/C21H23N5O2S2/c1-2-26-19(18-9-5-12-29-18)24-25-21(26)30-13-10-22-15-6-3-7-16(14-15)23-20(27)17-8-4-11-28-17/h3-9,11-12,14,20,22-23,27H,2,10,13H2,1H3. The summed E-state index contributed by atoms with van der Waals surface area (Å²) >= 11 is 3.36. The molecule has 7 nitrogen and oxygen atoms in total. The summed E-state index contributed by atoms with van der Waals surface area (Å²) in [7, 11) is 0. The van der Waals surface area contributed by atoms with Gasteiger partial charge >= 0.3 is 0 Å². The quantitative estimate of drug-likeness (QED) is 0.183. The van der Waals surface area contributed by atoms with Crippen LogP contribution < -0.4 is 10.6 Å². The molecule has 4 rings (SSSR count). The molecule has 0 amide bonds. The van der Waals surface area contributed by atoms with Crippen molar-refractivity contribution < 1.29 is 9.52 Å². The SMILES string of the molecule is CCn1c(SCCNc2cccc(NC(O)c3ccco3)c2)nnc1-c1cccs1. The van der Waals surface area contributed by atoms with Crippen LogP contribution >= 0.6 is 23.1 Å². The molecule has 0 radical (unpaired) electrons. The number of rotatable bonds is 10. The second kappa shape index (κ2) is 9.84. The van der Waals surface area contributed by atoms with E-state index >= 15 is 0 Å². The van der Waals surface area contributed by atoms with Crippen molar-refractivity contribution in [3.05, 3.63) is 65.9 Å². The minimum Gasteiger partial charge on any atom is -0.465 e. The minimum absolute atomic E-state index is 0.478. The fraction of sp³-hybridized carbons (Fsp3) is 0.238. The van der Waals surface area contributed by atoms with Crippen LogP contribution in [0.15, 0.2) is 69.7 Å². The molecule has 9 heteroatoms. The molecule has 0 aliphatic heterocycles. The van der Waals surface area contributed by atoms with Crippen molar-refractivity contribution in [3.8, 4) is 10.7 Å². The number of thiophene rings is 1. The van der Waals surface area contributed by atoms with E-state index in [9.17, 15) is 5.11 Å². The molecule has 4 aromatic rings. The average molecular weight is 442 g/mol. The van der Waals surface area contributed by atoms with Crippen molar-refractivity contribution in [1.82, 2.24) is 14.8 Å². The zero-order valence-corrected chi connectivity index (χ0v) is 18.1. The Hall–Kier alpha value is -2.75. The molecule has 0 aliphatic carbocycles. The lowest BCUT2D eigenvalue weighted by Gasteiger charge is -2.13. The number of nitrogens with one attached hydrogen (secondary N) is 2. The van der Waals surface area contributed by atoms with E-state index in [2.05, 4.69) is 43.8 Å². The van der Waals surface area contributed by atoms with Crippen LogP contribution in [0.25, 0.3) is 10.7 Å². The average Bonchev–Trinajstić information content (AvgIpc) is 3.53. The van der Waals surface area contributed by atoms with Crippen LogP contribution in [0.4, 0.5) is 11.4 Å². The highest BCUT2D eigenvalue weighted by Gasteiger charge is 2.13. The first-order valence-corrected chi connectivity index (χ1v) is 11.5. The number of thioether (sulfide) groups is 1. The predicted octanol–water partition coefficient (Wildman–Crippen LogP) is 4.93. The van der Waals surface area contributed by atoms with Crippen LogP contribution in [0, 0.1) is 0 Å². The molecule has 156 valence electrons. The number of aliphatic hydroxyl groups excluding tert-OH is 1. The number of hydrogen-bond donors (Lipinski definition) is 3. The second-order valence-electron chi connectivity index (χ2n) is 6.45. The monoisotopic (exact) mass is 441 g/mol. The Kier molecular flexibility index (Phi) is 6.73. The smallest absolute Gasteiger partial charge is 0.191 e. The van der Waals surface area contributed by atoms with Gasteiger partial charge in [0.25, 0.3) is 0 Å². The summed E-state index contributed by atoms with van der Waals surface area (Å²) in [6, 6.07) is 15.4. The third-order valence-corrected chi connectivity index (χ3v) is 6.25. The Labute approximate surface area is 183 Å². The van der Waals surface area contributed by atoms with Gasteiger partial charge in [-0.15, -0.1) is 21.5 Å². The van der Waals surface area contributed by atoms with Gasteiger partial charge in [0.1, 0.15) is 0 Å². The topological polar surface area (TPSA) is 88.1 Å². The summed E-state index contributed by atoms with van der Waals surface area (Å²) in [5.41, 5.74) is 1.78. The van der Waals surface area contributed by atoms with E-state index in [0.29, 0.717) is 5.76 Å². The molecule has 0 aliphatic rings. The van der Waals surface area contributed by atoms with Gasteiger partial charge in [0.15, 0.2) is 23.0 Å². The number of furan rings is 1. The molecule has 3 heterocycles. The van der Waals surface area contributed by atoms with Gasteiger partial charge in [-0.05, 0) is 48.7 Å². The number of nitrogens with zero attached hydrogens (tertiary/aromatic N) is 3. The zero-order chi connectivity index (χ0) is 20.8. The third kappa shape index (κ3) is 4.86. The Morgan fingerprint density at radius 1 is 1.17 bits per heavy atom. The minimum atomic E-state index is -0.885. The lowest BCUT2D eigenvalue weighted by molar-refractivity contribution is 0.178. The van der Waals surface area contributed by atoms with Crippen molar-refractivity contribution >= 4 is 34.5 Å². The first-order chi connectivity index (χ1) is 14.7. The number of aromatic nitrogens is 3. The van der Waals surface area contributed by atoms with E-state index in [4.69, 9.17) is 4.42 Å².